The Balaban J connectivity index is 0.000000318. The van der Waals surface area contributed by atoms with Crippen LogP contribution in [0.15, 0.2) is 51.4 Å². The summed E-state index contributed by atoms with van der Waals surface area (Å²) in [5, 5.41) is 11.9. The molecule has 0 atom stereocenters. The zero-order valence-electron chi connectivity index (χ0n) is 15.5. The van der Waals surface area contributed by atoms with Crippen molar-refractivity contribution in [3.63, 3.8) is 0 Å². The lowest BCUT2D eigenvalue weighted by Gasteiger charge is -2.05. The van der Waals surface area contributed by atoms with Crippen LogP contribution in [0.3, 0.4) is 0 Å². The predicted molar refractivity (Wildman–Crippen MR) is 99.1 cm³/mol. The number of para-hydroxylation sites is 1. The van der Waals surface area contributed by atoms with Gasteiger partial charge in [-0.05, 0) is 31.2 Å². The van der Waals surface area contributed by atoms with Crippen LogP contribution in [0.4, 0.5) is 13.2 Å². The Morgan fingerprint density at radius 1 is 1.17 bits per heavy atom. The Morgan fingerprint density at radius 2 is 1.87 bits per heavy atom. The molecule has 0 aliphatic rings. The average molecular weight is 420 g/mol. The fourth-order valence-electron chi connectivity index (χ4n) is 2.50. The Labute approximate surface area is 167 Å². The van der Waals surface area contributed by atoms with Crippen molar-refractivity contribution in [3.8, 4) is 22.9 Å². The van der Waals surface area contributed by atoms with Crippen molar-refractivity contribution in [3.05, 3.63) is 54.0 Å². The summed E-state index contributed by atoms with van der Waals surface area (Å²) in [5.41, 5.74) is 7.93. The molecule has 3 aromatic heterocycles. The lowest BCUT2D eigenvalue weighted by atomic mass is 10.1. The number of aryl methyl sites for hydroxylation is 1. The fourth-order valence-corrected chi connectivity index (χ4v) is 2.50. The van der Waals surface area contributed by atoms with E-state index in [1.165, 1.54) is 0 Å². The monoisotopic (exact) mass is 420 g/mol. The molecule has 8 nitrogen and oxygen atoms in total. The number of halogens is 3. The average Bonchev–Trinajstić information content (AvgIpc) is 3.36. The minimum absolute atomic E-state index is 0.233. The standard InChI is InChI=1S/C17H14N4O2.C2HF3O2/c1-10-6-7-15(22-10)14-8-12(17-20-16(9-18)21-23-17)11-4-2-3-5-13(11)19-14;3-2(4,5)1(6)7/h2-8H,9,18H2,1H3;(H,6,7). The van der Waals surface area contributed by atoms with Gasteiger partial charge in [-0.1, -0.05) is 23.4 Å². The molecule has 3 heterocycles. The maximum atomic E-state index is 10.6. The first kappa shape index (κ1) is 21.0. The zero-order chi connectivity index (χ0) is 21.9. The molecule has 4 rings (SSSR count). The fraction of sp³-hybridized carbons (Fsp3) is 0.158. The first-order chi connectivity index (χ1) is 14.2. The van der Waals surface area contributed by atoms with Crippen molar-refractivity contribution in [1.29, 1.82) is 0 Å². The summed E-state index contributed by atoms with van der Waals surface area (Å²) in [4.78, 5) is 17.9. The molecule has 0 aliphatic carbocycles. The molecule has 1 aromatic carbocycles. The molecule has 0 aliphatic heterocycles. The van der Waals surface area contributed by atoms with Crippen LogP contribution in [0, 0.1) is 6.92 Å². The molecule has 0 fully saturated rings. The lowest BCUT2D eigenvalue weighted by molar-refractivity contribution is -0.192. The van der Waals surface area contributed by atoms with Crippen molar-refractivity contribution < 1.29 is 32.0 Å². The third-order valence-electron chi connectivity index (χ3n) is 3.83. The first-order valence-electron chi connectivity index (χ1n) is 8.48. The zero-order valence-corrected chi connectivity index (χ0v) is 15.5. The van der Waals surface area contributed by atoms with E-state index in [0.29, 0.717) is 17.5 Å². The van der Waals surface area contributed by atoms with Crippen LogP contribution in [-0.2, 0) is 11.3 Å². The van der Waals surface area contributed by atoms with Gasteiger partial charge in [0.05, 0.1) is 17.6 Å². The van der Waals surface area contributed by atoms with E-state index in [4.69, 9.17) is 24.6 Å². The van der Waals surface area contributed by atoms with Crippen LogP contribution >= 0.6 is 0 Å². The van der Waals surface area contributed by atoms with Crippen LogP contribution < -0.4 is 5.73 Å². The van der Waals surface area contributed by atoms with Crippen LogP contribution in [0.1, 0.15) is 11.6 Å². The van der Waals surface area contributed by atoms with Gasteiger partial charge in [0, 0.05) is 5.39 Å². The Bertz CT molecular complexity index is 1180. The number of nitrogens with two attached hydrogens (primary N) is 1. The Kier molecular flexibility index (Phi) is 5.83. The quantitative estimate of drug-likeness (QED) is 0.510. The maximum absolute atomic E-state index is 10.6. The summed E-state index contributed by atoms with van der Waals surface area (Å²) in [7, 11) is 0. The second kappa shape index (κ2) is 8.33. The largest absolute Gasteiger partial charge is 0.490 e. The lowest BCUT2D eigenvalue weighted by Crippen LogP contribution is -2.21. The Morgan fingerprint density at radius 3 is 2.43 bits per heavy atom. The van der Waals surface area contributed by atoms with Crippen molar-refractivity contribution in [1.82, 2.24) is 15.1 Å². The molecular weight excluding hydrogens is 405 g/mol. The van der Waals surface area contributed by atoms with Gasteiger partial charge in [-0.2, -0.15) is 18.2 Å². The number of alkyl halides is 3. The molecular formula is C19H15F3N4O4. The van der Waals surface area contributed by atoms with Crippen molar-refractivity contribution in [2.24, 2.45) is 5.73 Å². The smallest absolute Gasteiger partial charge is 0.475 e. The van der Waals surface area contributed by atoms with Crippen molar-refractivity contribution in [2.75, 3.05) is 0 Å². The highest BCUT2D eigenvalue weighted by Gasteiger charge is 2.38. The molecule has 0 unspecified atom stereocenters. The highest BCUT2D eigenvalue weighted by atomic mass is 19.4. The van der Waals surface area contributed by atoms with Crippen LogP contribution in [0.5, 0.6) is 0 Å². The molecule has 11 heteroatoms. The number of hydrogen-bond acceptors (Lipinski definition) is 7. The van der Waals surface area contributed by atoms with Crippen LogP contribution in [0.2, 0.25) is 0 Å². The maximum Gasteiger partial charge on any atom is 0.490 e. The summed E-state index contributed by atoms with van der Waals surface area (Å²) >= 11 is 0. The molecule has 3 N–H and O–H groups in total. The second-order valence-electron chi connectivity index (χ2n) is 6.01. The third-order valence-corrected chi connectivity index (χ3v) is 3.83. The molecule has 0 spiro atoms. The number of benzene rings is 1. The van der Waals surface area contributed by atoms with E-state index in [1.54, 1.807) is 0 Å². The number of furan rings is 1. The molecule has 4 aromatic rings. The minimum Gasteiger partial charge on any atom is -0.475 e. The number of carbonyl (C=O) groups is 1. The highest BCUT2D eigenvalue weighted by Crippen LogP contribution is 2.31. The van der Waals surface area contributed by atoms with Gasteiger partial charge in [0.2, 0.25) is 0 Å². The molecule has 30 heavy (non-hydrogen) atoms. The number of aromatic nitrogens is 3. The number of rotatable bonds is 3. The van der Waals surface area contributed by atoms with E-state index in [2.05, 4.69) is 15.1 Å². The van der Waals surface area contributed by atoms with Gasteiger partial charge in [0.25, 0.3) is 5.89 Å². The van der Waals surface area contributed by atoms with E-state index < -0.39 is 12.1 Å². The van der Waals surface area contributed by atoms with Gasteiger partial charge in [0.15, 0.2) is 11.6 Å². The number of carboxylic acid groups (broad SMARTS) is 1. The highest BCUT2D eigenvalue weighted by molar-refractivity contribution is 5.94. The molecule has 0 bridgehead atoms. The van der Waals surface area contributed by atoms with E-state index in [1.807, 2.05) is 49.4 Å². The molecule has 0 radical (unpaired) electrons. The molecule has 0 saturated carbocycles. The van der Waals surface area contributed by atoms with E-state index in [-0.39, 0.29) is 6.54 Å². The van der Waals surface area contributed by atoms with E-state index in [0.717, 1.165) is 27.9 Å². The van der Waals surface area contributed by atoms with Gasteiger partial charge in [-0.15, -0.1) is 0 Å². The van der Waals surface area contributed by atoms with Gasteiger partial charge in [-0.3, -0.25) is 0 Å². The summed E-state index contributed by atoms with van der Waals surface area (Å²) < 4.78 is 42.8. The number of aliphatic carboxylic acids is 1. The van der Waals surface area contributed by atoms with Gasteiger partial charge in [-0.25, -0.2) is 9.78 Å². The van der Waals surface area contributed by atoms with E-state index >= 15 is 0 Å². The first-order valence-corrected chi connectivity index (χ1v) is 8.48. The van der Waals surface area contributed by atoms with E-state index in [9.17, 15) is 13.2 Å². The number of carboxylic acids is 1. The van der Waals surface area contributed by atoms with Crippen LogP contribution in [-0.4, -0.2) is 32.4 Å². The summed E-state index contributed by atoms with van der Waals surface area (Å²) in [6, 6.07) is 13.5. The summed E-state index contributed by atoms with van der Waals surface area (Å²) in [6.07, 6.45) is -5.08. The predicted octanol–water partition coefficient (Wildman–Crippen LogP) is 3.95. The topological polar surface area (TPSA) is 128 Å². The SMILES string of the molecule is Cc1ccc(-c2cc(-c3nc(CN)no3)c3ccccc3n2)o1.O=C(O)C(F)(F)F. The summed E-state index contributed by atoms with van der Waals surface area (Å²) in [5.74, 6) is -0.329. The van der Waals surface area contributed by atoms with Gasteiger partial charge < -0.3 is 19.8 Å². The number of hydrogen-bond donors (Lipinski definition) is 2. The van der Waals surface area contributed by atoms with Crippen LogP contribution in [0.25, 0.3) is 33.8 Å². The van der Waals surface area contributed by atoms with Gasteiger partial charge >= 0.3 is 12.1 Å². The minimum atomic E-state index is -5.08. The molecule has 0 saturated heterocycles. The number of nitrogens with zero attached hydrogens (tertiary/aromatic N) is 3. The molecule has 156 valence electrons. The normalized spacial score (nSPS) is 11.2. The van der Waals surface area contributed by atoms with Crippen molar-refractivity contribution >= 4 is 16.9 Å². The Hall–Kier alpha value is -3.73. The summed E-state index contributed by atoms with van der Waals surface area (Å²) in [6.45, 7) is 2.13. The van der Waals surface area contributed by atoms with Crippen molar-refractivity contribution in [2.45, 2.75) is 19.6 Å². The number of pyridine rings is 1. The second-order valence-corrected chi connectivity index (χ2v) is 6.01. The number of fused-ring (bicyclic) bond motifs is 1. The van der Waals surface area contributed by atoms with Gasteiger partial charge in [0.1, 0.15) is 11.5 Å². The third kappa shape index (κ3) is 4.63. The molecule has 0 amide bonds.